The van der Waals surface area contributed by atoms with Gasteiger partial charge in [0, 0.05) is 26.1 Å². The Kier molecular flexibility index (Phi) is 3.85. The molecule has 1 aliphatic heterocycles. The number of rotatable bonds is 3. The van der Waals surface area contributed by atoms with Crippen LogP contribution in [0, 0.1) is 25.7 Å². The molecule has 0 radical (unpaired) electrons. The quantitative estimate of drug-likeness (QED) is 0.858. The number of aromatic nitrogens is 2. The lowest BCUT2D eigenvalue weighted by molar-refractivity contribution is -0.144. The fourth-order valence-corrected chi connectivity index (χ4v) is 2.45. The number of amides is 1. The summed E-state index contributed by atoms with van der Waals surface area (Å²) in [6.07, 6.45) is 0. The van der Waals surface area contributed by atoms with Crippen LogP contribution in [0.5, 0.6) is 0 Å². The van der Waals surface area contributed by atoms with Gasteiger partial charge in [-0.25, -0.2) is 4.68 Å². The van der Waals surface area contributed by atoms with Crippen molar-refractivity contribution in [3.8, 4) is 0 Å². The summed E-state index contributed by atoms with van der Waals surface area (Å²) in [6.45, 7) is 5.83. The lowest BCUT2D eigenvalue weighted by atomic mass is 9.86. The highest BCUT2D eigenvalue weighted by atomic mass is 16.4. The van der Waals surface area contributed by atoms with Crippen LogP contribution < -0.4 is 5.56 Å². The summed E-state index contributed by atoms with van der Waals surface area (Å²) >= 11 is 0. The van der Waals surface area contributed by atoms with Crippen molar-refractivity contribution < 1.29 is 14.7 Å². The Morgan fingerprint density at radius 1 is 1.33 bits per heavy atom. The molecular weight excluding hydrogens is 274 g/mol. The molecule has 2 rings (SSSR count). The minimum atomic E-state index is -0.862. The minimum Gasteiger partial charge on any atom is -0.481 e. The van der Waals surface area contributed by atoms with Crippen LogP contribution in [0.1, 0.15) is 28.5 Å². The highest BCUT2D eigenvalue weighted by Gasteiger charge is 2.38. The molecule has 0 spiro atoms. The zero-order valence-electron chi connectivity index (χ0n) is 12.6. The fourth-order valence-electron chi connectivity index (χ4n) is 2.45. The first kappa shape index (κ1) is 15.2. The predicted molar refractivity (Wildman–Crippen MR) is 75.1 cm³/mol. The molecule has 21 heavy (non-hydrogen) atoms. The highest BCUT2D eigenvalue weighted by Crippen LogP contribution is 2.25. The molecule has 7 heteroatoms. The molecule has 1 amide bonds. The third-order valence-electron chi connectivity index (χ3n) is 4.23. The Hall–Kier alpha value is -2.18. The van der Waals surface area contributed by atoms with Crippen molar-refractivity contribution in [3.05, 3.63) is 27.2 Å². The van der Waals surface area contributed by atoms with Gasteiger partial charge in [0.25, 0.3) is 11.5 Å². The largest absolute Gasteiger partial charge is 0.481 e. The summed E-state index contributed by atoms with van der Waals surface area (Å²) < 4.78 is 1.16. The number of carbonyl (C=O) groups excluding carboxylic acids is 1. The molecule has 0 saturated carbocycles. The number of hydrogen-bond donors (Lipinski definition) is 1. The molecule has 2 heterocycles. The zero-order chi connectivity index (χ0) is 15.9. The van der Waals surface area contributed by atoms with Crippen LogP contribution in [0.15, 0.2) is 4.79 Å². The molecule has 0 bridgehead atoms. The second-order valence-electron chi connectivity index (χ2n) is 5.61. The third kappa shape index (κ3) is 2.55. The molecule has 1 fully saturated rings. The number of aliphatic carboxylic acids is 1. The van der Waals surface area contributed by atoms with Crippen molar-refractivity contribution in [2.75, 3.05) is 13.1 Å². The molecule has 7 nitrogen and oxygen atoms in total. The van der Waals surface area contributed by atoms with E-state index in [0.29, 0.717) is 24.3 Å². The number of carboxylic acid groups (broad SMARTS) is 1. The van der Waals surface area contributed by atoms with Crippen molar-refractivity contribution >= 4 is 11.9 Å². The number of nitrogens with zero attached hydrogens (tertiary/aromatic N) is 3. The van der Waals surface area contributed by atoms with Gasteiger partial charge < -0.3 is 10.0 Å². The monoisotopic (exact) mass is 293 g/mol. The van der Waals surface area contributed by atoms with E-state index in [4.69, 9.17) is 5.11 Å². The Morgan fingerprint density at radius 2 is 1.90 bits per heavy atom. The first-order valence-corrected chi connectivity index (χ1v) is 6.80. The Labute approximate surface area is 122 Å². The zero-order valence-corrected chi connectivity index (χ0v) is 12.6. The summed E-state index contributed by atoms with van der Waals surface area (Å²) in [6, 6.07) is 0. The molecule has 1 aromatic heterocycles. The van der Waals surface area contributed by atoms with Crippen molar-refractivity contribution in [1.29, 1.82) is 0 Å². The minimum absolute atomic E-state index is 0.0569. The van der Waals surface area contributed by atoms with Gasteiger partial charge in [-0.1, -0.05) is 6.92 Å². The van der Waals surface area contributed by atoms with Gasteiger partial charge in [0.05, 0.1) is 11.6 Å². The fraction of sp³-hybridized carbons (Fsp3) is 0.571. The van der Waals surface area contributed by atoms with Gasteiger partial charge in [-0.15, -0.1) is 0 Å². The highest BCUT2D eigenvalue weighted by molar-refractivity contribution is 5.96. The van der Waals surface area contributed by atoms with E-state index < -0.39 is 17.4 Å². The summed E-state index contributed by atoms with van der Waals surface area (Å²) in [5.74, 6) is -1.75. The molecule has 1 saturated heterocycles. The maximum atomic E-state index is 12.4. The first-order chi connectivity index (χ1) is 9.73. The lowest BCUT2D eigenvalue weighted by Crippen LogP contribution is -2.54. The average Bonchev–Trinajstić information content (AvgIpc) is 2.34. The van der Waals surface area contributed by atoms with Gasteiger partial charge >= 0.3 is 5.97 Å². The van der Waals surface area contributed by atoms with E-state index in [0.717, 1.165) is 4.68 Å². The van der Waals surface area contributed by atoms with Gasteiger partial charge in [-0.3, -0.25) is 14.4 Å². The maximum absolute atomic E-state index is 12.4. The Balaban J connectivity index is 2.21. The van der Waals surface area contributed by atoms with Gasteiger partial charge in [-0.05, 0) is 19.4 Å². The van der Waals surface area contributed by atoms with Crippen molar-refractivity contribution in [1.82, 2.24) is 14.7 Å². The Morgan fingerprint density at radius 3 is 2.43 bits per heavy atom. The lowest BCUT2D eigenvalue weighted by Gasteiger charge is -2.41. The first-order valence-electron chi connectivity index (χ1n) is 6.80. The summed E-state index contributed by atoms with van der Waals surface area (Å²) in [7, 11) is 1.51. The molecule has 1 unspecified atom stereocenters. The van der Waals surface area contributed by atoms with E-state index in [-0.39, 0.29) is 17.4 Å². The number of carboxylic acids is 1. The average molecular weight is 293 g/mol. The third-order valence-corrected chi connectivity index (χ3v) is 4.23. The van der Waals surface area contributed by atoms with Crippen LogP contribution in [0.4, 0.5) is 0 Å². The van der Waals surface area contributed by atoms with Crippen molar-refractivity contribution in [3.63, 3.8) is 0 Å². The van der Waals surface area contributed by atoms with Gasteiger partial charge in [0.15, 0.2) is 0 Å². The smallest absolute Gasteiger partial charge is 0.306 e. The van der Waals surface area contributed by atoms with E-state index in [1.54, 1.807) is 20.8 Å². The topological polar surface area (TPSA) is 92.5 Å². The number of carbonyl (C=O) groups is 2. The van der Waals surface area contributed by atoms with Gasteiger partial charge in [0.1, 0.15) is 5.56 Å². The standard InChI is InChI=1S/C14H19N3O4/c1-7-9(3)15-16(4)12(18)11(7)13(19)17-5-10(6-17)8(2)14(20)21/h8,10H,5-6H2,1-4H3,(H,20,21). The number of hydrogen-bond acceptors (Lipinski definition) is 4. The van der Waals surface area contributed by atoms with E-state index >= 15 is 0 Å². The van der Waals surface area contributed by atoms with Crippen molar-refractivity contribution in [2.45, 2.75) is 20.8 Å². The van der Waals surface area contributed by atoms with Crippen LogP contribution >= 0.6 is 0 Å². The number of aryl methyl sites for hydroxylation is 2. The van der Waals surface area contributed by atoms with Crippen LogP contribution in [-0.2, 0) is 11.8 Å². The van der Waals surface area contributed by atoms with Crippen LogP contribution in [0.2, 0.25) is 0 Å². The molecule has 0 aliphatic carbocycles. The second kappa shape index (κ2) is 5.31. The normalized spacial score (nSPS) is 16.5. The van der Waals surface area contributed by atoms with E-state index in [1.165, 1.54) is 11.9 Å². The molecule has 1 aromatic rings. The Bertz CT molecular complexity index is 659. The van der Waals surface area contributed by atoms with E-state index in [9.17, 15) is 14.4 Å². The van der Waals surface area contributed by atoms with Crippen LogP contribution in [0.25, 0.3) is 0 Å². The second-order valence-corrected chi connectivity index (χ2v) is 5.61. The van der Waals surface area contributed by atoms with E-state index in [1.807, 2.05) is 0 Å². The maximum Gasteiger partial charge on any atom is 0.306 e. The molecular formula is C14H19N3O4. The predicted octanol–water partition coefficient (Wildman–Crippen LogP) is 0.190. The van der Waals surface area contributed by atoms with Gasteiger partial charge in [0.2, 0.25) is 0 Å². The van der Waals surface area contributed by atoms with E-state index in [2.05, 4.69) is 5.10 Å². The molecule has 114 valence electrons. The molecule has 1 atom stereocenters. The summed E-state index contributed by atoms with van der Waals surface area (Å²) in [4.78, 5) is 37.0. The summed E-state index contributed by atoms with van der Waals surface area (Å²) in [5, 5.41) is 13.0. The molecule has 1 N–H and O–H groups in total. The molecule has 0 aromatic carbocycles. The molecule has 1 aliphatic rings. The summed E-state index contributed by atoms with van der Waals surface area (Å²) in [5.41, 5.74) is 0.929. The van der Waals surface area contributed by atoms with Gasteiger partial charge in [-0.2, -0.15) is 5.10 Å². The van der Waals surface area contributed by atoms with Crippen LogP contribution in [-0.4, -0.2) is 44.8 Å². The number of likely N-dealkylation sites (tertiary alicyclic amines) is 1. The SMILES string of the molecule is Cc1nn(C)c(=O)c(C(=O)N2CC(C(C)C(=O)O)C2)c1C. The van der Waals surface area contributed by atoms with Crippen molar-refractivity contribution in [2.24, 2.45) is 18.9 Å². The van der Waals surface area contributed by atoms with Crippen LogP contribution in [0.3, 0.4) is 0 Å².